The smallest absolute Gasteiger partial charge is 0.322 e. The number of hydrogen-bond donors (Lipinski definition) is 1. The molecule has 1 N–H and O–H groups in total. The number of amides is 3. The Labute approximate surface area is 152 Å². The lowest BCUT2D eigenvalue weighted by Gasteiger charge is -2.31. The summed E-state index contributed by atoms with van der Waals surface area (Å²) < 4.78 is 0. The fourth-order valence-corrected chi connectivity index (χ4v) is 3.71. The van der Waals surface area contributed by atoms with E-state index >= 15 is 0 Å². The summed E-state index contributed by atoms with van der Waals surface area (Å²) in [6, 6.07) is 19.0. The van der Waals surface area contributed by atoms with Crippen molar-refractivity contribution in [3.05, 3.63) is 83.1 Å². The van der Waals surface area contributed by atoms with Gasteiger partial charge in [0.15, 0.2) is 0 Å². The molecule has 5 nitrogen and oxygen atoms in total. The third-order valence-electron chi connectivity index (χ3n) is 5.27. The van der Waals surface area contributed by atoms with Gasteiger partial charge in [0, 0.05) is 7.05 Å². The van der Waals surface area contributed by atoms with E-state index in [1.165, 1.54) is 0 Å². The van der Waals surface area contributed by atoms with Crippen LogP contribution in [0.15, 0.2) is 71.9 Å². The first-order chi connectivity index (χ1) is 12.6. The molecule has 2 heterocycles. The molecule has 3 amide bonds. The van der Waals surface area contributed by atoms with E-state index in [2.05, 4.69) is 5.32 Å². The first kappa shape index (κ1) is 16.4. The Morgan fingerprint density at radius 3 is 2.27 bits per heavy atom. The molecule has 2 aromatic rings. The minimum atomic E-state index is -0.407. The zero-order chi connectivity index (χ0) is 18.3. The highest BCUT2D eigenvalue weighted by atomic mass is 16.2. The van der Waals surface area contributed by atoms with E-state index in [0.29, 0.717) is 12.1 Å². The van der Waals surface area contributed by atoms with Gasteiger partial charge < -0.3 is 10.2 Å². The second-order valence-corrected chi connectivity index (χ2v) is 6.73. The van der Waals surface area contributed by atoms with Crippen molar-refractivity contribution in [1.29, 1.82) is 0 Å². The van der Waals surface area contributed by atoms with Crippen LogP contribution in [0.25, 0.3) is 0 Å². The average Bonchev–Trinajstić information content (AvgIpc) is 3.03. The average molecular weight is 347 g/mol. The molecule has 2 aromatic carbocycles. The number of carbonyl (C=O) groups excluding carboxylic acids is 2. The first-order valence-corrected chi connectivity index (χ1v) is 8.76. The van der Waals surface area contributed by atoms with Crippen LogP contribution in [-0.4, -0.2) is 35.3 Å². The standard InChI is InChI=1S/C21H21N3O2/c1-14(15-9-5-3-6-10-15)24-13-17-18(20(24)25)19(22-21(26)23(17)2)16-11-7-4-8-12-16/h3-12,14,19H,13H2,1-2H3,(H,22,26)/t14-,19+/m0/s1. The molecule has 4 rings (SSSR count). The van der Waals surface area contributed by atoms with Gasteiger partial charge >= 0.3 is 6.03 Å². The van der Waals surface area contributed by atoms with Crippen molar-refractivity contribution < 1.29 is 9.59 Å². The fraction of sp³-hybridized carbons (Fsp3) is 0.238. The predicted molar refractivity (Wildman–Crippen MR) is 99.1 cm³/mol. The molecule has 26 heavy (non-hydrogen) atoms. The Hall–Kier alpha value is -3.08. The molecule has 0 unspecified atom stereocenters. The van der Waals surface area contributed by atoms with Gasteiger partial charge in [-0.05, 0) is 18.1 Å². The van der Waals surface area contributed by atoms with Crippen molar-refractivity contribution in [3.63, 3.8) is 0 Å². The highest BCUT2D eigenvalue weighted by molar-refractivity contribution is 6.01. The summed E-state index contributed by atoms with van der Waals surface area (Å²) in [7, 11) is 1.72. The van der Waals surface area contributed by atoms with Gasteiger partial charge in [0.1, 0.15) is 0 Å². The van der Waals surface area contributed by atoms with Gasteiger partial charge in [-0.25, -0.2) is 4.79 Å². The van der Waals surface area contributed by atoms with Crippen LogP contribution in [0.5, 0.6) is 0 Å². The number of hydrogen-bond acceptors (Lipinski definition) is 2. The van der Waals surface area contributed by atoms with Crippen LogP contribution < -0.4 is 5.32 Å². The van der Waals surface area contributed by atoms with Crippen LogP contribution in [-0.2, 0) is 4.79 Å². The minimum Gasteiger partial charge on any atom is -0.327 e. The van der Waals surface area contributed by atoms with Gasteiger partial charge in [-0.2, -0.15) is 0 Å². The number of nitrogens with zero attached hydrogens (tertiary/aromatic N) is 2. The third kappa shape index (κ3) is 2.56. The van der Waals surface area contributed by atoms with E-state index in [-0.39, 0.29) is 18.0 Å². The van der Waals surface area contributed by atoms with Gasteiger partial charge in [0.2, 0.25) is 0 Å². The minimum absolute atomic E-state index is 0.0166. The second kappa shape index (κ2) is 6.33. The van der Waals surface area contributed by atoms with Gasteiger partial charge in [0.05, 0.1) is 29.9 Å². The van der Waals surface area contributed by atoms with Crippen molar-refractivity contribution >= 4 is 11.9 Å². The number of likely N-dealkylation sites (N-methyl/N-ethyl adjacent to an activating group) is 1. The highest BCUT2D eigenvalue weighted by Crippen LogP contribution is 2.38. The quantitative estimate of drug-likeness (QED) is 0.927. The molecule has 2 aliphatic rings. The molecule has 0 spiro atoms. The summed E-state index contributed by atoms with van der Waals surface area (Å²) in [5, 5.41) is 2.97. The summed E-state index contributed by atoms with van der Waals surface area (Å²) >= 11 is 0. The lowest BCUT2D eigenvalue weighted by molar-refractivity contribution is -0.127. The van der Waals surface area contributed by atoms with Crippen molar-refractivity contribution in [3.8, 4) is 0 Å². The van der Waals surface area contributed by atoms with Gasteiger partial charge in [-0.1, -0.05) is 60.7 Å². The highest BCUT2D eigenvalue weighted by Gasteiger charge is 2.44. The van der Waals surface area contributed by atoms with Crippen LogP contribution >= 0.6 is 0 Å². The van der Waals surface area contributed by atoms with Crippen LogP contribution in [0.2, 0.25) is 0 Å². The molecular weight excluding hydrogens is 326 g/mol. The maximum absolute atomic E-state index is 13.3. The Bertz CT molecular complexity index is 877. The molecule has 0 saturated carbocycles. The Balaban J connectivity index is 1.71. The maximum atomic E-state index is 13.3. The zero-order valence-corrected chi connectivity index (χ0v) is 14.8. The van der Waals surface area contributed by atoms with Crippen LogP contribution in [0.4, 0.5) is 4.79 Å². The molecule has 0 aromatic heterocycles. The molecule has 0 bridgehead atoms. The molecule has 0 fully saturated rings. The van der Waals surface area contributed by atoms with E-state index in [9.17, 15) is 9.59 Å². The molecule has 0 saturated heterocycles. The lowest BCUT2D eigenvalue weighted by atomic mass is 9.96. The number of benzene rings is 2. The Kier molecular flexibility index (Phi) is 3.99. The molecule has 5 heteroatoms. The molecule has 0 radical (unpaired) electrons. The van der Waals surface area contributed by atoms with E-state index in [0.717, 1.165) is 16.8 Å². The van der Waals surface area contributed by atoms with Gasteiger partial charge in [-0.15, -0.1) is 0 Å². The number of urea groups is 1. The largest absolute Gasteiger partial charge is 0.327 e. The first-order valence-electron chi connectivity index (χ1n) is 8.76. The SMILES string of the molecule is C[C@@H](c1ccccc1)N1CC2=C(C1=O)[C@@H](c1ccccc1)NC(=O)N2C. The van der Waals surface area contributed by atoms with Crippen molar-refractivity contribution in [2.24, 2.45) is 0 Å². The summed E-state index contributed by atoms with van der Waals surface area (Å²) in [5.41, 5.74) is 3.46. The number of nitrogens with one attached hydrogen (secondary N) is 1. The van der Waals surface area contributed by atoms with Crippen LogP contribution in [0.3, 0.4) is 0 Å². The zero-order valence-electron chi connectivity index (χ0n) is 14.8. The van der Waals surface area contributed by atoms with E-state index in [1.807, 2.05) is 72.5 Å². The normalized spacial score (nSPS) is 20.9. The fourth-order valence-electron chi connectivity index (χ4n) is 3.71. The molecule has 2 atom stereocenters. The molecular formula is C21H21N3O2. The summed E-state index contributed by atoms with van der Waals surface area (Å²) in [5.74, 6) is -0.0166. The molecule has 0 aliphatic carbocycles. The van der Waals surface area contributed by atoms with Crippen molar-refractivity contribution in [2.75, 3.05) is 13.6 Å². The van der Waals surface area contributed by atoms with E-state index in [1.54, 1.807) is 11.9 Å². The van der Waals surface area contributed by atoms with Gasteiger partial charge in [0.25, 0.3) is 5.91 Å². The van der Waals surface area contributed by atoms with Crippen molar-refractivity contribution in [1.82, 2.24) is 15.1 Å². The lowest BCUT2D eigenvalue weighted by Crippen LogP contribution is -2.45. The topological polar surface area (TPSA) is 52.7 Å². The third-order valence-corrected chi connectivity index (χ3v) is 5.27. The van der Waals surface area contributed by atoms with E-state index < -0.39 is 6.04 Å². The molecule has 2 aliphatic heterocycles. The monoisotopic (exact) mass is 347 g/mol. The summed E-state index contributed by atoms with van der Waals surface area (Å²) in [6.45, 7) is 2.47. The van der Waals surface area contributed by atoms with Crippen LogP contribution in [0, 0.1) is 0 Å². The van der Waals surface area contributed by atoms with Crippen LogP contribution in [0.1, 0.15) is 30.1 Å². The molecule has 132 valence electrons. The maximum Gasteiger partial charge on any atom is 0.322 e. The Morgan fingerprint density at radius 2 is 1.62 bits per heavy atom. The summed E-state index contributed by atoms with van der Waals surface area (Å²) in [4.78, 5) is 29.1. The summed E-state index contributed by atoms with van der Waals surface area (Å²) in [6.07, 6.45) is 0. The van der Waals surface area contributed by atoms with Gasteiger partial charge in [-0.3, -0.25) is 9.69 Å². The number of rotatable bonds is 3. The second-order valence-electron chi connectivity index (χ2n) is 6.73. The van der Waals surface area contributed by atoms with Crippen molar-refractivity contribution in [2.45, 2.75) is 19.0 Å². The predicted octanol–water partition coefficient (Wildman–Crippen LogP) is 3.24. The number of carbonyl (C=O) groups is 2. The van der Waals surface area contributed by atoms with E-state index in [4.69, 9.17) is 0 Å². The Morgan fingerprint density at radius 1 is 1.00 bits per heavy atom.